The fourth-order valence-electron chi connectivity index (χ4n) is 1.59. The van der Waals surface area contributed by atoms with Crippen LogP contribution in [0.1, 0.15) is 17.5 Å². The van der Waals surface area contributed by atoms with Gasteiger partial charge in [-0.1, -0.05) is 12.1 Å². The number of nitrogens with zero attached hydrogens (tertiary/aromatic N) is 1. The van der Waals surface area contributed by atoms with E-state index in [1.807, 2.05) is 25.1 Å². The van der Waals surface area contributed by atoms with E-state index in [1.165, 1.54) is 0 Å². The standard InChI is InChI=1S/C13H18ClNO2/c1-10-4-5-11(9-14)8-12(10)15(2)13(16)6-7-17-3/h4-5,8H,6-7,9H2,1-3H3. The van der Waals surface area contributed by atoms with Crippen molar-refractivity contribution in [2.24, 2.45) is 0 Å². The van der Waals surface area contributed by atoms with Gasteiger partial charge in [-0.25, -0.2) is 0 Å². The molecule has 1 amide bonds. The molecule has 0 aromatic heterocycles. The van der Waals surface area contributed by atoms with Crippen molar-refractivity contribution >= 4 is 23.2 Å². The Morgan fingerprint density at radius 3 is 2.76 bits per heavy atom. The summed E-state index contributed by atoms with van der Waals surface area (Å²) >= 11 is 5.80. The van der Waals surface area contributed by atoms with Crippen LogP contribution in [0, 0.1) is 6.92 Å². The molecule has 0 spiro atoms. The number of hydrogen-bond donors (Lipinski definition) is 0. The van der Waals surface area contributed by atoms with Crippen LogP contribution in [-0.2, 0) is 15.4 Å². The fourth-order valence-corrected chi connectivity index (χ4v) is 1.76. The van der Waals surface area contributed by atoms with Crippen LogP contribution < -0.4 is 4.90 Å². The molecule has 0 aliphatic rings. The van der Waals surface area contributed by atoms with Gasteiger partial charge in [0, 0.05) is 25.7 Å². The average molecular weight is 256 g/mol. The van der Waals surface area contributed by atoms with E-state index in [0.29, 0.717) is 18.9 Å². The van der Waals surface area contributed by atoms with Gasteiger partial charge in [-0.2, -0.15) is 0 Å². The molecular formula is C13H18ClNO2. The summed E-state index contributed by atoms with van der Waals surface area (Å²) in [5, 5.41) is 0. The molecule has 1 rings (SSSR count). The number of carbonyl (C=O) groups is 1. The van der Waals surface area contributed by atoms with Crippen LogP contribution in [0.15, 0.2) is 18.2 Å². The first-order valence-corrected chi connectivity index (χ1v) is 6.04. The number of carbonyl (C=O) groups excluding carboxylic acids is 1. The predicted octanol–water partition coefficient (Wildman–Crippen LogP) is 2.73. The van der Waals surface area contributed by atoms with Crippen molar-refractivity contribution in [2.45, 2.75) is 19.2 Å². The van der Waals surface area contributed by atoms with Crippen LogP contribution in [0.2, 0.25) is 0 Å². The number of alkyl halides is 1. The Balaban J connectivity index is 2.86. The second-order valence-corrected chi connectivity index (χ2v) is 4.22. The first-order valence-electron chi connectivity index (χ1n) is 5.51. The zero-order valence-corrected chi connectivity index (χ0v) is 11.3. The number of halogens is 1. The monoisotopic (exact) mass is 255 g/mol. The molecule has 0 unspecified atom stereocenters. The molecule has 0 aliphatic heterocycles. The van der Waals surface area contributed by atoms with Gasteiger partial charge in [0.15, 0.2) is 0 Å². The molecule has 1 aromatic carbocycles. The van der Waals surface area contributed by atoms with Crippen molar-refractivity contribution in [3.63, 3.8) is 0 Å². The third-order valence-corrected chi connectivity index (χ3v) is 2.99. The van der Waals surface area contributed by atoms with Gasteiger partial charge >= 0.3 is 0 Å². The van der Waals surface area contributed by atoms with E-state index in [-0.39, 0.29) is 5.91 Å². The third-order valence-electron chi connectivity index (χ3n) is 2.68. The summed E-state index contributed by atoms with van der Waals surface area (Å²) < 4.78 is 4.91. The highest BCUT2D eigenvalue weighted by Gasteiger charge is 2.13. The Morgan fingerprint density at radius 1 is 1.47 bits per heavy atom. The molecule has 94 valence electrons. The largest absolute Gasteiger partial charge is 0.384 e. The zero-order chi connectivity index (χ0) is 12.8. The number of ether oxygens (including phenoxy) is 1. The van der Waals surface area contributed by atoms with E-state index >= 15 is 0 Å². The van der Waals surface area contributed by atoms with Gasteiger partial charge in [-0.3, -0.25) is 4.79 Å². The molecule has 0 saturated heterocycles. The van der Waals surface area contributed by atoms with Gasteiger partial charge in [0.05, 0.1) is 13.0 Å². The average Bonchev–Trinajstić information content (AvgIpc) is 2.35. The van der Waals surface area contributed by atoms with Crippen LogP contribution in [0.3, 0.4) is 0 Å². The number of amides is 1. The van der Waals surface area contributed by atoms with Crippen LogP contribution in [0.25, 0.3) is 0 Å². The minimum absolute atomic E-state index is 0.0432. The van der Waals surface area contributed by atoms with Gasteiger partial charge in [0.25, 0.3) is 0 Å². The Bertz CT molecular complexity index is 393. The summed E-state index contributed by atoms with van der Waals surface area (Å²) in [4.78, 5) is 13.5. The molecule has 0 atom stereocenters. The van der Waals surface area contributed by atoms with E-state index in [4.69, 9.17) is 16.3 Å². The molecule has 0 fully saturated rings. The van der Waals surface area contributed by atoms with E-state index in [0.717, 1.165) is 16.8 Å². The van der Waals surface area contributed by atoms with Crippen molar-refractivity contribution in [3.05, 3.63) is 29.3 Å². The second kappa shape index (κ2) is 6.62. The highest BCUT2D eigenvalue weighted by Crippen LogP contribution is 2.22. The highest BCUT2D eigenvalue weighted by atomic mass is 35.5. The van der Waals surface area contributed by atoms with Crippen molar-refractivity contribution in [3.8, 4) is 0 Å². The number of anilines is 1. The molecule has 0 radical (unpaired) electrons. The minimum atomic E-state index is 0.0432. The molecule has 0 bridgehead atoms. The number of rotatable bonds is 5. The lowest BCUT2D eigenvalue weighted by Gasteiger charge is -2.20. The predicted molar refractivity (Wildman–Crippen MR) is 70.6 cm³/mol. The van der Waals surface area contributed by atoms with Gasteiger partial charge in [-0.05, 0) is 24.1 Å². The molecule has 1 aromatic rings. The summed E-state index contributed by atoms with van der Waals surface area (Å²) in [7, 11) is 3.37. The molecular weight excluding hydrogens is 238 g/mol. The Morgan fingerprint density at radius 2 is 2.18 bits per heavy atom. The molecule has 0 saturated carbocycles. The lowest BCUT2D eigenvalue weighted by atomic mass is 10.1. The van der Waals surface area contributed by atoms with Crippen LogP contribution in [0.4, 0.5) is 5.69 Å². The second-order valence-electron chi connectivity index (χ2n) is 3.95. The number of aryl methyl sites for hydroxylation is 1. The van der Waals surface area contributed by atoms with Crippen LogP contribution >= 0.6 is 11.6 Å². The summed E-state index contributed by atoms with van der Waals surface area (Å²) in [6, 6.07) is 5.90. The van der Waals surface area contributed by atoms with Gasteiger partial charge < -0.3 is 9.64 Å². The van der Waals surface area contributed by atoms with Gasteiger partial charge in [0.1, 0.15) is 0 Å². The summed E-state index contributed by atoms with van der Waals surface area (Å²) in [5.41, 5.74) is 2.98. The first kappa shape index (κ1) is 14.0. The number of benzene rings is 1. The van der Waals surface area contributed by atoms with Crippen LogP contribution in [0.5, 0.6) is 0 Å². The maximum absolute atomic E-state index is 11.9. The SMILES string of the molecule is COCCC(=O)N(C)c1cc(CCl)ccc1C. The zero-order valence-electron chi connectivity index (χ0n) is 10.5. The molecule has 0 N–H and O–H groups in total. The first-order chi connectivity index (χ1) is 8.10. The van der Waals surface area contributed by atoms with Crippen LogP contribution in [-0.4, -0.2) is 26.7 Å². The minimum Gasteiger partial charge on any atom is -0.384 e. The Kier molecular flexibility index (Phi) is 5.45. The Hall–Kier alpha value is -1.06. The van der Waals surface area contributed by atoms with Gasteiger partial charge in [-0.15, -0.1) is 11.6 Å². The summed E-state index contributed by atoms with van der Waals surface area (Å²) in [6.45, 7) is 2.42. The molecule has 0 aliphatic carbocycles. The molecule has 0 heterocycles. The van der Waals surface area contributed by atoms with E-state index in [2.05, 4.69) is 0 Å². The highest BCUT2D eigenvalue weighted by molar-refractivity contribution is 6.17. The maximum Gasteiger partial charge on any atom is 0.229 e. The maximum atomic E-state index is 11.9. The molecule has 17 heavy (non-hydrogen) atoms. The van der Waals surface area contributed by atoms with Crippen molar-refractivity contribution in [2.75, 3.05) is 25.7 Å². The topological polar surface area (TPSA) is 29.5 Å². The number of hydrogen-bond acceptors (Lipinski definition) is 2. The molecule has 4 heteroatoms. The van der Waals surface area contributed by atoms with Crippen molar-refractivity contribution < 1.29 is 9.53 Å². The summed E-state index contributed by atoms with van der Waals surface area (Å²) in [6.07, 6.45) is 0.386. The lowest BCUT2D eigenvalue weighted by Crippen LogP contribution is -2.27. The lowest BCUT2D eigenvalue weighted by molar-refractivity contribution is -0.119. The quantitative estimate of drug-likeness (QED) is 0.758. The number of methoxy groups -OCH3 is 1. The van der Waals surface area contributed by atoms with Gasteiger partial charge in [0.2, 0.25) is 5.91 Å². The van der Waals surface area contributed by atoms with E-state index in [1.54, 1.807) is 19.1 Å². The Labute approximate surface area is 107 Å². The molecule has 3 nitrogen and oxygen atoms in total. The van der Waals surface area contributed by atoms with Crippen molar-refractivity contribution in [1.29, 1.82) is 0 Å². The van der Waals surface area contributed by atoms with E-state index in [9.17, 15) is 4.79 Å². The fraction of sp³-hybridized carbons (Fsp3) is 0.462. The normalized spacial score (nSPS) is 10.4. The smallest absolute Gasteiger partial charge is 0.229 e. The van der Waals surface area contributed by atoms with Crippen molar-refractivity contribution in [1.82, 2.24) is 0 Å². The van der Waals surface area contributed by atoms with E-state index < -0.39 is 0 Å². The third kappa shape index (κ3) is 3.72. The summed E-state index contributed by atoms with van der Waals surface area (Å²) in [5.74, 6) is 0.495.